The Kier molecular flexibility index (Phi) is 5.46. The lowest BCUT2D eigenvalue weighted by Gasteiger charge is -2.39. The third-order valence-electron chi connectivity index (χ3n) is 5.08. The molecule has 0 bridgehead atoms. The molecule has 7 N–H and O–H groups in total. The highest BCUT2D eigenvalue weighted by atomic mass is 16.2. The monoisotopic (exact) mass is 383 g/mol. The average molecular weight is 383 g/mol. The maximum Gasteiger partial charge on any atom is 0.256 e. The zero-order valence-corrected chi connectivity index (χ0v) is 15.8. The number of nitrogen functional groups attached to an aromatic ring is 1. The Hall–Kier alpha value is -3.20. The minimum absolute atomic E-state index is 0.0397. The van der Waals surface area contributed by atoms with Crippen LogP contribution in [0, 0.1) is 6.92 Å². The Labute approximate surface area is 163 Å². The number of benzene rings is 1. The van der Waals surface area contributed by atoms with Crippen molar-refractivity contribution in [1.29, 1.82) is 0 Å². The fourth-order valence-corrected chi connectivity index (χ4v) is 3.27. The molecule has 2 heterocycles. The number of anilines is 2. The van der Waals surface area contributed by atoms with Crippen molar-refractivity contribution >= 4 is 23.5 Å². The van der Waals surface area contributed by atoms with Gasteiger partial charge in [-0.05, 0) is 25.3 Å². The van der Waals surface area contributed by atoms with Gasteiger partial charge in [-0.2, -0.15) is 0 Å². The van der Waals surface area contributed by atoms with E-state index < -0.39 is 11.4 Å². The second-order valence-corrected chi connectivity index (χ2v) is 7.13. The molecule has 9 heteroatoms. The van der Waals surface area contributed by atoms with Crippen molar-refractivity contribution in [2.24, 2.45) is 11.5 Å². The smallest absolute Gasteiger partial charge is 0.256 e. The van der Waals surface area contributed by atoms with Crippen molar-refractivity contribution in [3.63, 3.8) is 0 Å². The first-order valence-corrected chi connectivity index (χ1v) is 9.08. The quantitative estimate of drug-likeness (QED) is 0.570. The lowest BCUT2D eigenvalue weighted by Crippen LogP contribution is -2.59. The molecule has 1 aromatic carbocycles. The van der Waals surface area contributed by atoms with E-state index in [4.69, 9.17) is 17.2 Å². The number of carbonyl (C=O) groups is 2. The van der Waals surface area contributed by atoms with Crippen LogP contribution in [0.25, 0.3) is 0 Å². The minimum Gasteiger partial charge on any atom is -0.383 e. The molecule has 148 valence electrons. The third-order valence-corrected chi connectivity index (χ3v) is 5.08. The number of primary amides is 1. The van der Waals surface area contributed by atoms with Gasteiger partial charge in [0, 0.05) is 19.6 Å². The van der Waals surface area contributed by atoms with E-state index in [0.29, 0.717) is 38.3 Å². The molecule has 9 nitrogen and oxygen atoms in total. The number of nitrogens with one attached hydrogen (secondary N) is 1. The van der Waals surface area contributed by atoms with Crippen molar-refractivity contribution in [2.75, 3.05) is 23.7 Å². The van der Waals surface area contributed by atoms with Crippen LogP contribution in [-0.4, -0.2) is 40.4 Å². The van der Waals surface area contributed by atoms with Crippen LogP contribution in [0.2, 0.25) is 0 Å². The molecular formula is C19H25N7O2. The summed E-state index contributed by atoms with van der Waals surface area (Å²) in [4.78, 5) is 34.2. The molecule has 0 atom stereocenters. The van der Waals surface area contributed by atoms with E-state index >= 15 is 0 Å². The van der Waals surface area contributed by atoms with Crippen LogP contribution in [0.5, 0.6) is 0 Å². The zero-order valence-electron chi connectivity index (χ0n) is 15.8. The van der Waals surface area contributed by atoms with Crippen LogP contribution in [0.1, 0.15) is 34.3 Å². The molecule has 1 aliphatic rings. The number of amides is 2. The van der Waals surface area contributed by atoms with E-state index in [1.807, 2.05) is 36.1 Å². The Bertz CT molecular complexity index is 874. The van der Waals surface area contributed by atoms with Crippen LogP contribution in [-0.2, 0) is 11.3 Å². The first-order valence-electron chi connectivity index (χ1n) is 9.08. The van der Waals surface area contributed by atoms with Crippen LogP contribution >= 0.6 is 0 Å². The first kappa shape index (κ1) is 19.6. The van der Waals surface area contributed by atoms with Gasteiger partial charge in [-0.25, -0.2) is 9.97 Å². The summed E-state index contributed by atoms with van der Waals surface area (Å²) in [6.45, 7) is 3.34. The van der Waals surface area contributed by atoms with Gasteiger partial charge < -0.3 is 27.4 Å². The van der Waals surface area contributed by atoms with Crippen LogP contribution < -0.4 is 27.4 Å². The predicted octanol–water partition coefficient (Wildman–Crippen LogP) is 0.0802. The van der Waals surface area contributed by atoms with E-state index in [1.165, 1.54) is 11.9 Å². The van der Waals surface area contributed by atoms with Crippen molar-refractivity contribution in [1.82, 2.24) is 15.3 Å². The minimum atomic E-state index is -0.980. The van der Waals surface area contributed by atoms with Gasteiger partial charge in [-0.1, -0.05) is 29.8 Å². The second kappa shape index (κ2) is 7.81. The summed E-state index contributed by atoms with van der Waals surface area (Å²) >= 11 is 0. The fraction of sp³-hybridized carbons (Fsp3) is 0.368. The van der Waals surface area contributed by atoms with Gasteiger partial charge in [0.25, 0.3) is 5.91 Å². The maximum absolute atomic E-state index is 12.7. The summed E-state index contributed by atoms with van der Waals surface area (Å²) in [5.74, 6) is -0.460. The van der Waals surface area contributed by atoms with Gasteiger partial charge >= 0.3 is 0 Å². The summed E-state index contributed by atoms with van der Waals surface area (Å²) in [7, 11) is 0. The molecule has 0 saturated carbocycles. The van der Waals surface area contributed by atoms with Crippen molar-refractivity contribution in [3.8, 4) is 0 Å². The topological polar surface area (TPSA) is 153 Å². The third kappa shape index (κ3) is 4.04. The normalized spacial score (nSPS) is 15.9. The number of aromatic nitrogens is 2. The number of carbonyl (C=O) groups excluding carboxylic acids is 2. The van der Waals surface area contributed by atoms with E-state index in [0.717, 1.165) is 5.56 Å². The molecule has 1 aromatic heterocycles. The number of nitrogens with two attached hydrogens (primary N) is 3. The molecule has 1 saturated heterocycles. The Balaban J connectivity index is 1.64. The van der Waals surface area contributed by atoms with E-state index in [9.17, 15) is 9.59 Å². The molecule has 2 aromatic rings. The molecule has 1 aliphatic heterocycles. The molecule has 0 aliphatic carbocycles. The highest BCUT2D eigenvalue weighted by molar-refractivity contribution is 6.02. The van der Waals surface area contributed by atoms with Crippen molar-refractivity contribution < 1.29 is 9.59 Å². The number of rotatable bonds is 5. The summed E-state index contributed by atoms with van der Waals surface area (Å²) in [6, 6.07) is 7.96. The highest BCUT2D eigenvalue weighted by Gasteiger charge is 2.38. The summed E-state index contributed by atoms with van der Waals surface area (Å²) < 4.78 is 0. The van der Waals surface area contributed by atoms with Crippen molar-refractivity contribution in [2.45, 2.75) is 31.8 Å². The van der Waals surface area contributed by atoms with Gasteiger partial charge in [0.2, 0.25) is 5.91 Å². The first-order chi connectivity index (χ1) is 13.3. The molecule has 0 radical (unpaired) electrons. The maximum atomic E-state index is 12.7. The fourth-order valence-electron chi connectivity index (χ4n) is 3.27. The zero-order chi connectivity index (χ0) is 20.3. The summed E-state index contributed by atoms with van der Waals surface area (Å²) in [5, 5.41) is 2.92. The lowest BCUT2D eigenvalue weighted by molar-refractivity contribution is -0.127. The number of hydrogen-bond donors (Lipinski definition) is 4. The second-order valence-electron chi connectivity index (χ2n) is 7.13. The van der Waals surface area contributed by atoms with Crippen LogP contribution in [0.3, 0.4) is 0 Å². The number of piperidine rings is 1. The molecule has 0 unspecified atom stereocenters. The molecular weight excluding hydrogens is 358 g/mol. The van der Waals surface area contributed by atoms with E-state index in [1.54, 1.807) is 0 Å². The molecule has 2 amide bonds. The predicted molar refractivity (Wildman–Crippen MR) is 106 cm³/mol. The number of aryl methyl sites for hydroxylation is 1. The molecule has 1 fully saturated rings. The molecule has 28 heavy (non-hydrogen) atoms. The molecule has 3 rings (SSSR count). The Morgan fingerprint density at radius 1 is 1.18 bits per heavy atom. The van der Waals surface area contributed by atoms with Gasteiger partial charge in [0.1, 0.15) is 23.5 Å². The number of nitrogens with zero attached hydrogens (tertiary/aromatic N) is 3. The van der Waals surface area contributed by atoms with Crippen LogP contribution in [0.15, 0.2) is 30.6 Å². The standard InChI is InChI=1S/C19H25N7O2/c1-12-2-4-13(5-3-12)10-23-18(28)19(22)6-8-26(9-7-19)17-14(16(21)27)15(20)24-11-25-17/h2-5,11H,6-10,22H2,1H3,(H2,21,27)(H,23,28)(H2,20,24,25). The van der Waals surface area contributed by atoms with Gasteiger partial charge in [-0.15, -0.1) is 0 Å². The Morgan fingerprint density at radius 2 is 1.82 bits per heavy atom. The number of hydrogen-bond acceptors (Lipinski definition) is 7. The van der Waals surface area contributed by atoms with E-state index in [2.05, 4.69) is 15.3 Å². The van der Waals surface area contributed by atoms with Crippen LogP contribution in [0.4, 0.5) is 11.6 Å². The molecule has 0 spiro atoms. The van der Waals surface area contributed by atoms with Gasteiger partial charge in [0.15, 0.2) is 0 Å². The van der Waals surface area contributed by atoms with Gasteiger partial charge in [-0.3, -0.25) is 9.59 Å². The summed E-state index contributed by atoms with van der Waals surface area (Å²) in [5.41, 5.74) is 18.8. The summed E-state index contributed by atoms with van der Waals surface area (Å²) in [6.07, 6.45) is 2.11. The SMILES string of the molecule is Cc1ccc(CNC(=O)C2(N)CCN(c3ncnc(N)c3C(N)=O)CC2)cc1. The highest BCUT2D eigenvalue weighted by Crippen LogP contribution is 2.27. The van der Waals surface area contributed by atoms with Crippen molar-refractivity contribution in [3.05, 3.63) is 47.3 Å². The average Bonchev–Trinajstić information content (AvgIpc) is 2.67. The Morgan fingerprint density at radius 3 is 2.43 bits per heavy atom. The van der Waals surface area contributed by atoms with E-state index in [-0.39, 0.29) is 17.3 Å². The largest absolute Gasteiger partial charge is 0.383 e. The van der Waals surface area contributed by atoms with Gasteiger partial charge in [0.05, 0.1) is 5.54 Å². The lowest BCUT2D eigenvalue weighted by atomic mass is 9.87.